The Morgan fingerprint density at radius 3 is 2.71 bits per heavy atom. The van der Waals surface area contributed by atoms with Gasteiger partial charge in [-0.15, -0.1) is 0 Å². The minimum Gasteiger partial charge on any atom is -0.383 e. The van der Waals surface area contributed by atoms with E-state index in [1.807, 2.05) is 19.0 Å². The number of amides is 3. The number of likely N-dealkylation sites (N-methyl/N-ethyl adjacent to an activating group) is 2. The van der Waals surface area contributed by atoms with E-state index in [4.69, 9.17) is 4.74 Å². The summed E-state index contributed by atoms with van der Waals surface area (Å²) in [6.45, 7) is 2.21. The van der Waals surface area contributed by atoms with Gasteiger partial charge in [-0.3, -0.25) is 19.8 Å². The van der Waals surface area contributed by atoms with Gasteiger partial charge in [0.05, 0.1) is 23.3 Å². The van der Waals surface area contributed by atoms with Crippen LogP contribution in [0.25, 0.3) is 0 Å². The average molecular weight is 521 g/mol. The smallest absolute Gasteiger partial charge is 0.328 e. The number of nitrogens with zero attached hydrogens (tertiary/aromatic N) is 6. The molecule has 5 rings (SSSR count). The molecule has 38 heavy (non-hydrogen) atoms. The molecule has 3 amide bonds. The summed E-state index contributed by atoms with van der Waals surface area (Å²) in [6.07, 6.45) is 2.93. The molecule has 12 heteroatoms. The highest BCUT2D eigenvalue weighted by Gasteiger charge is 2.61. The maximum Gasteiger partial charge on any atom is 0.328 e. The Bertz CT molecular complexity index is 1270. The lowest BCUT2D eigenvalue weighted by atomic mass is 9.57. The third kappa shape index (κ3) is 5.03. The molecule has 2 bridgehead atoms. The molecule has 1 aliphatic carbocycles. The Kier molecular flexibility index (Phi) is 7.89. The summed E-state index contributed by atoms with van der Waals surface area (Å²) in [5.74, 6) is 0.534. The van der Waals surface area contributed by atoms with Gasteiger partial charge in [-0.2, -0.15) is 5.26 Å². The summed E-state index contributed by atoms with van der Waals surface area (Å²) < 4.78 is 5.04. The number of aromatic nitrogens is 2. The standard InChI is InChI=1S/C26H32N8O4/c1-32(2)8-9-33(3)24(36)26-12-19(13-26)34(23-20(26)6-5-18(16-35)30-23)25(37)31-22-11-21(28-7-10-38-4)17(14-27)15-29-22/h5-6,11,15-16,19H,7-10,12-13H2,1-4H3,(H2,28,29,31,37). The fraction of sp³-hybridized carbons (Fsp3) is 0.462. The predicted octanol–water partition coefficient (Wildman–Crippen LogP) is 1.69. The SMILES string of the molecule is COCCNc1cc(NC(=O)N2c3nc(C=O)ccc3C3(C(=O)N(C)CCN(C)C)CC2C3)ncc1C#N. The van der Waals surface area contributed by atoms with Crippen LogP contribution in [-0.2, 0) is 14.9 Å². The van der Waals surface area contributed by atoms with Gasteiger partial charge in [-0.1, -0.05) is 6.07 Å². The number of hydrogen-bond donors (Lipinski definition) is 2. The predicted molar refractivity (Wildman–Crippen MR) is 141 cm³/mol. The Balaban J connectivity index is 1.61. The number of rotatable bonds is 10. The molecule has 0 unspecified atom stereocenters. The number of urea groups is 1. The normalized spacial score (nSPS) is 19.2. The van der Waals surface area contributed by atoms with Crippen molar-refractivity contribution in [2.75, 3.05) is 70.0 Å². The topological polar surface area (TPSA) is 144 Å². The zero-order chi connectivity index (χ0) is 27.4. The maximum absolute atomic E-state index is 13.6. The molecule has 0 aromatic carbocycles. The second kappa shape index (κ2) is 11.1. The van der Waals surface area contributed by atoms with Crippen LogP contribution in [0, 0.1) is 11.3 Å². The molecular formula is C26H32N8O4. The summed E-state index contributed by atoms with van der Waals surface area (Å²) in [5.41, 5.74) is 0.881. The van der Waals surface area contributed by atoms with Crippen molar-refractivity contribution in [1.82, 2.24) is 19.8 Å². The van der Waals surface area contributed by atoms with Crippen LogP contribution in [0.2, 0.25) is 0 Å². The van der Waals surface area contributed by atoms with Crippen LogP contribution in [0.3, 0.4) is 0 Å². The minimum absolute atomic E-state index is 0.0157. The zero-order valence-corrected chi connectivity index (χ0v) is 22.0. The lowest BCUT2D eigenvalue weighted by Crippen LogP contribution is -2.66. The second-order valence-electron chi connectivity index (χ2n) is 9.85. The van der Waals surface area contributed by atoms with Crippen LogP contribution >= 0.6 is 0 Å². The van der Waals surface area contributed by atoms with Gasteiger partial charge in [0.15, 0.2) is 6.29 Å². The summed E-state index contributed by atoms with van der Waals surface area (Å²) in [7, 11) is 7.27. The molecule has 2 aromatic rings. The van der Waals surface area contributed by atoms with Gasteiger partial charge in [0, 0.05) is 57.7 Å². The molecule has 200 valence electrons. The Morgan fingerprint density at radius 1 is 1.29 bits per heavy atom. The maximum atomic E-state index is 13.6. The third-order valence-electron chi connectivity index (χ3n) is 7.03. The number of hydrogen-bond acceptors (Lipinski definition) is 9. The first kappa shape index (κ1) is 27.0. The third-order valence-corrected chi connectivity index (χ3v) is 7.03. The molecule has 2 aromatic heterocycles. The lowest BCUT2D eigenvalue weighted by Gasteiger charge is -2.56. The van der Waals surface area contributed by atoms with E-state index in [2.05, 4.69) is 26.7 Å². The zero-order valence-electron chi connectivity index (χ0n) is 22.0. The van der Waals surface area contributed by atoms with E-state index in [1.165, 1.54) is 11.1 Å². The number of methoxy groups -OCH3 is 1. The van der Waals surface area contributed by atoms with Crippen molar-refractivity contribution in [2.24, 2.45) is 0 Å². The van der Waals surface area contributed by atoms with E-state index in [-0.39, 0.29) is 23.5 Å². The van der Waals surface area contributed by atoms with Crippen LogP contribution in [0.5, 0.6) is 0 Å². The van der Waals surface area contributed by atoms with Gasteiger partial charge >= 0.3 is 6.03 Å². The summed E-state index contributed by atoms with van der Waals surface area (Å²) in [4.78, 5) is 52.5. The van der Waals surface area contributed by atoms with Crippen molar-refractivity contribution >= 4 is 35.5 Å². The highest BCUT2D eigenvalue weighted by atomic mass is 16.5. The molecule has 0 radical (unpaired) electrons. The number of carbonyl (C=O) groups excluding carboxylic acids is 3. The van der Waals surface area contributed by atoms with Crippen LogP contribution in [0.1, 0.15) is 34.5 Å². The van der Waals surface area contributed by atoms with E-state index in [0.29, 0.717) is 61.5 Å². The van der Waals surface area contributed by atoms with Gasteiger partial charge < -0.3 is 19.9 Å². The van der Waals surface area contributed by atoms with Crippen molar-refractivity contribution < 1.29 is 19.1 Å². The second-order valence-corrected chi connectivity index (χ2v) is 9.85. The fourth-order valence-corrected chi connectivity index (χ4v) is 4.99. The van der Waals surface area contributed by atoms with Crippen molar-refractivity contribution in [3.8, 4) is 6.07 Å². The van der Waals surface area contributed by atoms with E-state index >= 15 is 0 Å². The monoisotopic (exact) mass is 520 g/mol. The van der Waals surface area contributed by atoms with E-state index < -0.39 is 11.4 Å². The Hall–Kier alpha value is -4.08. The van der Waals surface area contributed by atoms with Crippen LogP contribution in [0.15, 0.2) is 24.4 Å². The summed E-state index contributed by atoms with van der Waals surface area (Å²) in [5, 5.41) is 15.3. The molecule has 0 spiro atoms. The van der Waals surface area contributed by atoms with E-state index in [1.54, 1.807) is 37.3 Å². The molecule has 3 aliphatic rings. The molecule has 4 heterocycles. The summed E-state index contributed by atoms with van der Waals surface area (Å²) >= 11 is 0. The molecular weight excluding hydrogens is 488 g/mol. The quantitative estimate of drug-likeness (QED) is 0.353. The van der Waals surface area contributed by atoms with Gasteiger partial charge in [0.1, 0.15) is 23.4 Å². The number of pyridine rings is 2. The Labute approximate surface area is 221 Å². The molecule has 1 saturated carbocycles. The number of nitrogens with one attached hydrogen (secondary N) is 2. The molecule has 1 fully saturated rings. The first-order valence-corrected chi connectivity index (χ1v) is 12.3. The van der Waals surface area contributed by atoms with E-state index in [9.17, 15) is 19.6 Å². The highest BCUT2D eigenvalue weighted by Crippen LogP contribution is 2.55. The first-order chi connectivity index (χ1) is 18.2. The average Bonchev–Trinajstić information content (AvgIpc) is 2.89. The van der Waals surface area contributed by atoms with Crippen molar-refractivity contribution in [3.05, 3.63) is 41.2 Å². The Morgan fingerprint density at radius 2 is 2.05 bits per heavy atom. The molecule has 0 atom stereocenters. The van der Waals surface area contributed by atoms with Crippen molar-refractivity contribution in [3.63, 3.8) is 0 Å². The van der Waals surface area contributed by atoms with E-state index in [0.717, 1.165) is 6.54 Å². The van der Waals surface area contributed by atoms with Gasteiger partial charge in [-0.25, -0.2) is 14.8 Å². The van der Waals surface area contributed by atoms with Gasteiger partial charge in [0.2, 0.25) is 5.91 Å². The fourth-order valence-electron chi connectivity index (χ4n) is 4.99. The number of anilines is 3. The van der Waals surface area contributed by atoms with Crippen molar-refractivity contribution in [2.45, 2.75) is 24.3 Å². The number of nitriles is 1. The molecule has 12 nitrogen and oxygen atoms in total. The molecule has 2 aliphatic heterocycles. The molecule has 0 saturated heterocycles. The lowest BCUT2D eigenvalue weighted by molar-refractivity contribution is -0.140. The van der Waals surface area contributed by atoms with Gasteiger partial charge in [-0.05, 0) is 33.0 Å². The van der Waals surface area contributed by atoms with Gasteiger partial charge in [0.25, 0.3) is 0 Å². The minimum atomic E-state index is -0.780. The largest absolute Gasteiger partial charge is 0.383 e. The first-order valence-electron chi connectivity index (χ1n) is 12.3. The summed E-state index contributed by atoms with van der Waals surface area (Å²) in [6, 6.07) is 6.23. The number of ether oxygens (including phenoxy) is 1. The number of aldehydes is 1. The molecule has 2 N–H and O–H groups in total. The van der Waals surface area contributed by atoms with Crippen LogP contribution in [0.4, 0.5) is 22.1 Å². The highest BCUT2D eigenvalue weighted by molar-refractivity contribution is 6.05. The van der Waals surface area contributed by atoms with Crippen molar-refractivity contribution in [1.29, 1.82) is 5.26 Å². The number of carbonyl (C=O) groups is 3. The van der Waals surface area contributed by atoms with Crippen LogP contribution < -0.4 is 15.5 Å². The van der Waals surface area contributed by atoms with Crippen LogP contribution in [-0.4, -0.2) is 98.5 Å².